The van der Waals surface area contributed by atoms with Crippen molar-refractivity contribution < 1.29 is 9.18 Å². The molecule has 1 aliphatic rings. The number of hydrogen-bond donors (Lipinski definition) is 1. The van der Waals surface area contributed by atoms with Crippen molar-refractivity contribution >= 4 is 29.8 Å². The van der Waals surface area contributed by atoms with Gasteiger partial charge in [0.2, 0.25) is 0 Å². The van der Waals surface area contributed by atoms with Crippen molar-refractivity contribution in [2.45, 2.75) is 19.4 Å². The molecule has 0 aliphatic carbocycles. The highest BCUT2D eigenvalue weighted by atomic mass is 35.5. The van der Waals surface area contributed by atoms with Gasteiger partial charge in [0, 0.05) is 19.6 Å². The number of rotatable bonds is 3. The van der Waals surface area contributed by atoms with E-state index in [-0.39, 0.29) is 30.2 Å². The number of hydrogen-bond acceptors (Lipinski definition) is 5. The molecule has 1 aromatic heterocycles. The van der Waals surface area contributed by atoms with Gasteiger partial charge in [0.25, 0.3) is 5.91 Å². The summed E-state index contributed by atoms with van der Waals surface area (Å²) in [6.45, 7) is 3.88. The molecule has 0 bridgehead atoms. The first kappa shape index (κ1) is 17.8. The zero-order valence-electron chi connectivity index (χ0n) is 12.7. The highest BCUT2D eigenvalue weighted by Gasteiger charge is 2.31. The summed E-state index contributed by atoms with van der Waals surface area (Å²) in [6, 6.07) is 6.25. The third-order valence-electron chi connectivity index (χ3n) is 3.82. The first-order chi connectivity index (χ1) is 10.7. The van der Waals surface area contributed by atoms with Crippen LogP contribution in [0.4, 0.5) is 4.39 Å². The first-order valence-corrected chi connectivity index (χ1v) is 8.06. The third-order valence-corrected chi connectivity index (χ3v) is 4.58. The van der Waals surface area contributed by atoms with Crippen LogP contribution in [0.25, 0.3) is 0 Å². The number of nitrogens with one attached hydrogen (secondary N) is 1. The number of piperazine rings is 1. The predicted octanol–water partition coefficient (Wildman–Crippen LogP) is 2.45. The molecule has 5 nitrogen and oxygen atoms in total. The Bertz CT molecular complexity index is 681. The fourth-order valence-corrected chi connectivity index (χ4v) is 3.40. The van der Waals surface area contributed by atoms with E-state index in [9.17, 15) is 9.18 Å². The lowest BCUT2D eigenvalue weighted by molar-refractivity contribution is 0.0637. The summed E-state index contributed by atoms with van der Waals surface area (Å²) in [5, 5.41) is 7.28. The Balaban J connectivity index is 0.00000192. The Morgan fingerprint density at radius 2 is 2.35 bits per heavy atom. The van der Waals surface area contributed by atoms with Crippen LogP contribution in [-0.4, -0.2) is 40.0 Å². The van der Waals surface area contributed by atoms with E-state index in [1.54, 1.807) is 11.0 Å². The van der Waals surface area contributed by atoms with E-state index in [4.69, 9.17) is 0 Å². The molecule has 124 valence electrons. The smallest absolute Gasteiger partial charge is 0.268 e. The maximum absolute atomic E-state index is 13.5. The zero-order valence-corrected chi connectivity index (χ0v) is 14.3. The van der Waals surface area contributed by atoms with E-state index >= 15 is 0 Å². The topological polar surface area (TPSA) is 58.1 Å². The van der Waals surface area contributed by atoms with Gasteiger partial charge in [-0.3, -0.25) is 4.79 Å². The van der Waals surface area contributed by atoms with Crippen LogP contribution < -0.4 is 5.32 Å². The third kappa shape index (κ3) is 3.68. The van der Waals surface area contributed by atoms with Gasteiger partial charge in [0.1, 0.15) is 10.7 Å². The summed E-state index contributed by atoms with van der Waals surface area (Å²) in [4.78, 5) is 15.2. The van der Waals surface area contributed by atoms with E-state index in [2.05, 4.69) is 14.9 Å². The molecular weight excluding hydrogens is 339 g/mol. The highest BCUT2D eigenvalue weighted by molar-refractivity contribution is 7.08. The molecule has 1 aromatic carbocycles. The quantitative estimate of drug-likeness (QED) is 0.917. The van der Waals surface area contributed by atoms with Crippen molar-refractivity contribution in [1.29, 1.82) is 0 Å². The fourth-order valence-electron chi connectivity index (χ4n) is 2.69. The van der Waals surface area contributed by atoms with Crippen LogP contribution in [0.2, 0.25) is 0 Å². The minimum atomic E-state index is -0.288. The van der Waals surface area contributed by atoms with Crippen LogP contribution in [0.3, 0.4) is 0 Å². The Morgan fingerprint density at radius 3 is 3.09 bits per heavy atom. The number of benzene rings is 1. The number of nitrogens with zero attached hydrogens (tertiary/aromatic N) is 3. The van der Waals surface area contributed by atoms with Crippen LogP contribution >= 0.6 is 23.9 Å². The van der Waals surface area contributed by atoms with Crippen molar-refractivity contribution in [2.24, 2.45) is 0 Å². The monoisotopic (exact) mass is 356 g/mol. The first-order valence-electron chi connectivity index (χ1n) is 7.29. The highest BCUT2D eigenvalue weighted by Crippen LogP contribution is 2.26. The maximum Gasteiger partial charge on any atom is 0.268 e. The number of halogens is 2. The molecule has 2 aromatic rings. The lowest BCUT2D eigenvalue weighted by Gasteiger charge is -2.36. The number of carbonyl (C=O) groups excluding carboxylic acids is 1. The molecule has 23 heavy (non-hydrogen) atoms. The van der Waals surface area contributed by atoms with Gasteiger partial charge in [0.15, 0.2) is 0 Å². The molecule has 1 saturated heterocycles. The molecule has 1 unspecified atom stereocenters. The number of aromatic nitrogens is 2. The van der Waals surface area contributed by atoms with Crippen molar-refractivity contribution in [3.05, 3.63) is 46.2 Å². The standard InChI is InChI=1S/C15H17FN4OS.ClH/c1-2-12-14(22-19-18-12)15(21)20-7-6-17-9-13(20)10-4-3-5-11(16)8-10;/h3-5,8,13,17H,2,6-7,9H2,1H3;1H. The molecule has 1 N–H and O–H groups in total. The summed E-state index contributed by atoms with van der Waals surface area (Å²) in [5.41, 5.74) is 1.53. The van der Waals surface area contributed by atoms with Crippen LogP contribution in [0.1, 0.15) is 33.9 Å². The van der Waals surface area contributed by atoms with Gasteiger partial charge >= 0.3 is 0 Å². The van der Waals surface area contributed by atoms with Crippen LogP contribution in [-0.2, 0) is 6.42 Å². The molecule has 0 radical (unpaired) electrons. The zero-order chi connectivity index (χ0) is 15.5. The Morgan fingerprint density at radius 1 is 1.52 bits per heavy atom. The maximum atomic E-state index is 13.5. The normalized spacial score (nSPS) is 17.7. The van der Waals surface area contributed by atoms with Crippen molar-refractivity contribution in [3.63, 3.8) is 0 Å². The second-order valence-electron chi connectivity index (χ2n) is 5.18. The molecule has 1 atom stereocenters. The van der Waals surface area contributed by atoms with Gasteiger partial charge < -0.3 is 10.2 Å². The largest absolute Gasteiger partial charge is 0.328 e. The Labute approximate surface area is 144 Å². The van der Waals surface area contributed by atoms with Gasteiger partial charge in [-0.25, -0.2) is 4.39 Å². The molecule has 1 aliphatic heterocycles. The molecule has 3 rings (SSSR count). The molecule has 1 fully saturated rings. The van der Waals surface area contributed by atoms with Gasteiger partial charge in [-0.2, -0.15) is 0 Å². The lowest BCUT2D eigenvalue weighted by atomic mass is 10.0. The van der Waals surface area contributed by atoms with Crippen LogP contribution in [0.15, 0.2) is 24.3 Å². The Kier molecular flexibility index (Phi) is 6.04. The number of amides is 1. The number of aryl methyl sites for hydroxylation is 1. The van der Waals surface area contributed by atoms with E-state index < -0.39 is 0 Å². The lowest BCUT2D eigenvalue weighted by Crippen LogP contribution is -2.48. The Hall–Kier alpha value is -1.57. The molecule has 0 saturated carbocycles. The molecule has 1 amide bonds. The second kappa shape index (κ2) is 7.81. The predicted molar refractivity (Wildman–Crippen MR) is 89.6 cm³/mol. The van der Waals surface area contributed by atoms with E-state index in [0.29, 0.717) is 24.4 Å². The van der Waals surface area contributed by atoms with E-state index in [0.717, 1.165) is 29.3 Å². The second-order valence-corrected chi connectivity index (χ2v) is 5.93. The van der Waals surface area contributed by atoms with Gasteiger partial charge in [-0.1, -0.05) is 23.5 Å². The van der Waals surface area contributed by atoms with E-state index in [1.807, 2.05) is 13.0 Å². The fraction of sp³-hybridized carbons (Fsp3) is 0.400. The average Bonchev–Trinajstić information content (AvgIpc) is 3.03. The van der Waals surface area contributed by atoms with Crippen molar-refractivity contribution in [1.82, 2.24) is 19.8 Å². The number of carbonyl (C=O) groups is 1. The molecule has 0 spiro atoms. The van der Waals surface area contributed by atoms with E-state index in [1.165, 1.54) is 12.1 Å². The summed E-state index contributed by atoms with van der Waals surface area (Å²) in [6.07, 6.45) is 0.675. The van der Waals surface area contributed by atoms with Crippen LogP contribution in [0, 0.1) is 5.82 Å². The van der Waals surface area contributed by atoms with Crippen molar-refractivity contribution in [3.8, 4) is 0 Å². The van der Waals surface area contributed by atoms with Crippen molar-refractivity contribution in [2.75, 3.05) is 19.6 Å². The minimum absolute atomic E-state index is 0. The summed E-state index contributed by atoms with van der Waals surface area (Å²) < 4.78 is 17.4. The molecule has 8 heteroatoms. The SMILES string of the molecule is CCc1nnsc1C(=O)N1CCNCC1c1cccc(F)c1.Cl. The summed E-state index contributed by atoms with van der Waals surface area (Å²) in [7, 11) is 0. The molecular formula is C15H18ClFN4OS. The van der Waals surface area contributed by atoms with Gasteiger partial charge in [-0.05, 0) is 35.6 Å². The molecule has 2 heterocycles. The van der Waals surface area contributed by atoms with Gasteiger partial charge in [0.05, 0.1) is 11.7 Å². The van der Waals surface area contributed by atoms with Gasteiger partial charge in [-0.15, -0.1) is 17.5 Å². The summed E-state index contributed by atoms with van der Waals surface area (Å²) in [5.74, 6) is -0.355. The minimum Gasteiger partial charge on any atom is -0.328 e. The summed E-state index contributed by atoms with van der Waals surface area (Å²) >= 11 is 1.13. The average molecular weight is 357 g/mol. The van der Waals surface area contributed by atoms with Crippen LogP contribution in [0.5, 0.6) is 0 Å².